The number of thiol groups is 1. The summed E-state index contributed by atoms with van der Waals surface area (Å²) < 4.78 is 28.1. The van der Waals surface area contributed by atoms with Gasteiger partial charge in [0, 0.05) is 24.9 Å². The molecule has 0 spiro atoms. The van der Waals surface area contributed by atoms with Gasteiger partial charge in [0.15, 0.2) is 0 Å². The van der Waals surface area contributed by atoms with E-state index in [4.69, 9.17) is 0 Å². The number of piperidine rings is 1. The summed E-state index contributed by atoms with van der Waals surface area (Å²) in [6.45, 7) is 0.705. The van der Waals surface area contributed by atoms with Gasteiger partial charge >= 0.3 is 5.97 Å². The fraction of sp³-hybridized carbons (Fsp3) is 0.429. The average Bonchev–Trinajstić information content (AvgIpc) is 3.15. The van der Waals surface area contributed by atoms with Crippen LogP contribution in [0.25, 0.3) is 10.8 Å². The van der Waals surface area contributed by atoms with Gasteiger partial charge in [-0.25, -0.2) is 8.42 Å². The quantitative estimate of drug-likeness (QED) is 0.700. The zero-order chi connectivity index (χ0) is 21.5. The van der Waals surface area contributed by atoms with E-state index >= 15 is 0 Å². The van der Waals surface area contributed by atoms with Crippen LogP contribution in [-0.2, 0) is 19.6 Å². The minimum Gasteiger partial charge on any atom is -0.481 e. The van der Waals surface area contributed by atoms with Crippen molar-refractivity contribution in [1.29, 1.82) is 0 Å². The Morgan fingerprint density at radius 3 is 2.53 bits per heavy atom. The molecule has 0 bridgehead atoms. The molecule has 9 heteroatoms. The Bertz CT molecular complexity index is 1090. The molecule has 30 heavy (non-hydrogen) atoms. The lowest BCUT2D eigenvalue weighted by molar-refractivity contribution is -0.146. The molecule has 7 nitrogen and oxygen atoms in total. The molecule has 1 amide bonds. The van der Waals surface area contributed by atoms with Gasteiger partial charge in [-0.05, 0) is 42.2 Å². The molecule has 2 aromatic carbocycles. The lowest BCUT2D eigenvalue weighted by Gasteiger charge is -2.34. The maximum Gasteiger partial charge on any atom is 0.308 e. The van der Waals surface area contributed by atoms with E-state index in [0.717, 1.165) is 10.8 Å². The summed E-state index contributed by atoms with van der Waals surface area (Å²) in [5.74, 6) is -1.87. The molecule has 0 aromatic heterocycles. The fourth-order valence-electron chi connectivity index (χ4n) is 4.33. The molecule has 0 radical (unpaired) electrons. The number of carbonyl (C=O) groups excluding carboxylic acids is 1. The minimum absolute atomic E-state index is 0.117. The number of likely N-dealkylation sites (tertiary alicyclic amines) is 1. The first-order valence-electron chi connectivity index (χ1n) is 9.97. The first-order chi connectivity index (χ1) is 14.3. The molecule has 0 unspecified atom stereocenters. The summed E-state index contributed by atoms with van der Waals surface area (Å²) in [4.78, 5) is 26.2. The molecule has 2 aliphatic rings. The highest BCUT2D eigenvalue weighted by Crippen LogP contribution is 2.32. The number of hydrogen-bond acceptors (Lipinski definition) is 5. The third-order valence-electron chi connectivity index (χ3n) is 5.93. The summed E-state index contributed by atoms with van der Waals surface area (Å²) >= 11 is 4.45. The van der Waals surface area contributed by atoms with Crippen molar-refractivity contribution in [2.75, 3.05) is 19.6 Å². The number of benzene rings is 2. The number of carboxylic acid groups (broad SMARTS) is 1. The van der Waals surface area contributed by atoms with Crippen molar-refractivity contribution in [3.63, 3.8) is 0 Å². The van der Waals surface area contributed by atoms with Crippen LogP contribution in [0.2, 0.25) is 0 Å². The van der Waals surface area contributed by atoms with Gasteiger partial charge in [-0.3, -0.25) is 9.59 Å². The smallest absolute Gasteiger partial charge is 0.308 e. The van der Waals surface area contributed by atoms with Crippen molar-refractivity contribution in [2.45, 2.75) is 35.4 Å². The van der Waals surface area contributed by atoms with Crippen LogP contribution in [0.4, 0.5) is 0 Å². The highest BCUT2D eigenvalue weighted by molar-refractivity contribution is 7.89. The molecule has 2 aromatic rings. The summed E-state index contributed by atoms with van der Waals surface area (Å²) in [5, 5.41) is 10.8. The van der Waals surface area contributed by atoms with E-state index in [2.05, 4.69) is 12.6 Å². The summed E-state index contributed by atoms with van der Waals surface area (Å²) in [6.07, 6.45) is 1.43. The van der Waals surface area contributed by atoms with E-state index in [0.29, 0.717) is 25.8 Å². The zero-order valence-corrected chi connectivity index (χ0v) is 18.1. The fourth-order valence-corrected chi connectivity index (χ4v) is 6.49. The number of sulfonamides is 1. The van der Waals surface area contributed by atoms with E-state index in [-0.39, 0.29) is 29.1 Å². The van der Waals surface area contributed by atoms with Crippen LogP contribution < -0.4 is 0 Å². The third-order valence-corrected chi connectivity index (χ3v) is 8.17. The zero-order valence-electron chi connectivity index (χ0n) is 16.3. The second kappa shape index (κ2) is 8.20. The van der Waals surface area contributed by atoms with Crippen LogP contribution in [0.3, 0.4) is 0 Å². The van der Waals surface area contributed by atoms with Crippen LogP contribution in [0.5, 0.6) is 0 Å². The maximum absolute atomic E-state index is 13.4. The van der Waals surface area contributed by atoms with Crippen LogP contribution in [0, 0.1) is 5.92 Å². The third kappa shape index (κ3) is 3.93. The largest absolute Gasteiger partial charge is 0.481 e. The molecule has 2 aliphatic heterocycles. The topological polar surface area (TPSA) is 95.0 Å². The monoisotopic (exact) mass is 448 g/mol. The van der Waals surface area contributed by atoms with Crippen LogP contribution >= 0.6 is 12.6 Å². The van der Waals surface area contributed by atoms with E-state index in [1.54, 1.807) is 18.2 Å². The molecule has 4 rings (SSSR count). The number of carbonyl (C=O) groups is 2. The highest BCUT2D eigenvalue weighted by Gasteiger charge is 2.45. The minimum atomic E-state index is -3.91. The Hall–Kier alpha value is -2.10. The number of rotatable bonds is 4. The van der Waals surface area contributed by atoms with Gasteiger partial charge in [0.25, 0.3) is 0 Å². The van der Waals surface area contributed by atoms with E-state index in [1.165, 1.54) is 9.21 Å². The predicted octanol–water partition coefficient (Wildman–Crippen LogP) is 2.22. The molecule has 0 saturated carbocycles. The molecule has 1 N–H and O–H groups in total. The van der Waals surface area contributed by atoms with Crippen molar-refractivity contribution >= 4 is 45.3 Å². The second-order valence-electron chi connectivity index (χ2n) is 7.95. The van der Waals surface area contributed by atoms with E-state index < -0.39 is 28.0 Å². The number of carboxylic acids is 1. The summed E-state index contributed by atoms with van der Waals surface area (Å²) in [5.41, 5.74) is 0. The van der Waals surface area contributed by atoms with Gasteiger partial charge in [-0.1, -0.05) is 30.3 Å². The van der Waals surface area contributed by atoms with Gasteiger partial charge in [0.05, 0.1) is 10.8 Å². The first-order valence-corrected chi connectivity index (χ1v) is 11.9. The molecule has 2 saturated heterocycles. The second-order valence-corrected chi connectivity index (χ2v) is 10.6. The number of hydrogen-bond donors (Lipinski definition) is 2. The van der Waals surface area contributed by atoms with Gasteiger partial charge < -0.3 is 10.0 Å². The Labute approximate surface area is 181 Å². The van der Waals surface area contributed by atoms with Crippen LogP contribution in [-0.4, -0.2) is 65.5 Å². The maximum atomic E-state index is 13.4. The van der Waals surface area contributed by atoms with Crippen molar-refractivity contribution in [3.05, 3.63) is 42.5 Å². The normalized spacial score (nSPS) is 25.5. The standard InChI is InChI=1S/C21H24N2O5S2/c24-20(22-9-3-6-16(12-22)21(25)26)19-11-17(29)13-23(19)30(27,28)18-8-7-14-4-1-2-5-15(14)10-18/h1-2,4-5,7-8,10,16-17,19,29H,3,6,9,11-13H2,(H,25,26)/t16-,17-,19-/m0/s1. The highest BCUT2D eigenvalue weighted by atomic mass is 32.2. The van der Waals surface area contributed by atoms with Crippen molar-refractivity contribution < 1.29 is 23.1 Å². The summed E-state index contributed by atoms with van der Waals surface area (Å²) in [6, 6.07) is 11.6. The Kier molecular flexibility index (Phi) is 5.78. The van der Waals surface area contributed by atoms with Crippen LogP contribution in [0.1, 0.15) is 19.3 Å². The predicted molar refractivity (Wildman–Crippen MR) is 116 cm³/mol. The number of amides is 1. The summed E-state index contributed by atoms with van der Waals surface area (Å²) in [7, 11) is -3.91. The lowest BCUT2D eigenvalue weighted by Crippen LogP contribution is -2.51. The number of aliphatic carboxylic acids is 1. The van der Waals surface area contributed by atoms with Gasteiger partial charge in [-0.2, -0.15) is 16.9 Å². The lowest BCUT2D eigenvalue weighted by atomic mass is 9.97. The SMILES string of the molecule is O=C(O)[C@H]1CCCN(C(=O)[C@@H]2C[C@H](S)CN2S(=O)(=O)c2ccc3ccccc3c2)C1. The Balaban J connectivity index is 1.62. The molecule has 3 atom stereocenters. The molecule has 2 heterocycles. The van der Waals surface area contributed by atoms with Gasteiger partial charge in [0.1, 0.15) is 6.04 Å². The Morgan fingerprint density at radius 1 is 1.07 bits per heavy atom. The molecule has 0 aliphatic carbocycles. The first kappa shape index (κ1) is 21.1. The van der Waals surface area contributed by atoms with Crippen molar-refractivity contribution in [1.82, 2.24) is 9.21 Å². The molecular formula is C21H24N2O5S2. The molecule has 2 fully saturated rings. The van der Waals surface area contributed by atoms with E-state index in [1.807, 2.05) is 24.3 Å². The molecular weight excluding hydrogens is 424 g/mol. The van der Waals surface area contributed by atoms with Crippen molar-refractivity contribution in [3.8, 4) is 0 Å². The number of fused-ring (bicyclic) bond motifs is 1. The van der Waals surface area contributed by atoms with Gasteiger partial charge in [-0.15, -0.1) is 0 Å². The number of nitrogens with zero attached hydrogens (tertiary/aromatic N) is 2. The Morgan fingerprint density at radius 2 is 1.80 bits per heavy atom. The molecule has 160 valence electrons. The van der Waals surface area contributed by atoms with Gasteiger partial charge in [0.2, 0.25) is 15.9 Å². The van der Waals surface area contributed by atoms with E-state index in [9.17, 15) is 23.1 Å². The van der Waals surface area contributed by atoms with Crippen molar-refractivity contribution in [2.24, 2.45) is 5.92 Å². The average molecular weight is 449 g/mol. The van der Waals surface area contributed by atoms with Crippen LogP contribution in [0.15, 0.2) is 47.4 Å².